The number of aromatic nitrogens is 3. The Bertz CT molecular complexity index is 995. The smallest absolute Gasteiger partial charge is 0.406 e. The number of alkyl carbamates (subject to hydrolysis) is 1. The van der Waals surface area contributed by atoms with E-state index in [-0.39, 0.29) is 12.5 Å². The molecule has 3 rings (SSSR count). The summed E-state index contributed by atoms with van der Waals surface area (Å²) in [6.07, 6.45) is 4.27. The number of methoxy groups -OCH3 is 1. The molecule has 0 saturated carbocycles. The van der Waals surface area contributed by atoms with Gasteiger partial charge < -0.3 is 15.0 Å². The van der Waals surface area contributed by atoms with E-state index in [1.54, 1.807) is 17.2 Å². The molecule has 2 heterocycles. The number of amides is 2. The Kier molecular flexibility index (Phi) is 6.01. The van der Waals surface area contributed by atoms with Gasteiger partial charge in [-0.3, -0.25) is 9.89 Å². The molecule has 0 spiro atoms. The van der Waals surface area contributed by atoms with E-state index in [1.807, 2.05) is 43.3 Å². The van der Waals surface area contributed by atoms with Gasteiger partial charge in [0.25, 0.3) is 5.91 Å². The molecule has 0 radical (unpaired) electrons. The second kappa shape index (κ2) is 8.81. The molecule has 0 aliphatic heterocycles. The van der Waals surface area contributed by atoms with Gasteiger partial charge in [-0.25, -0.2) is 9.78 Å². The lowest BCUT2D eigenvalue weighted by Crippen LogP contribution is -2.37. The van der Waals surface area contributed by atoms with Crippen molar-refractivity contribution in [3.8, 4) is 0 Å². The van der Waals surface area contributed by atoms with Crippen LogP contribution in [0.15, 0.2) is 48.7 Å². The van der Waals surface area contributed by atoms with E-state index >= 15 is 0 Å². The maximum absolute atomic E-state index is 12.9. The van der Waals surface area contributed by atoms with Crippen LogP contribution in [0.5, 0.6) is 0 Å². The van der Waals surface area contributed by atoms with Crippen LogP contribution in [0.25, 0.3) is 17.1 Å². The number of nitrogens with one attached hydrogen (secondary N) is 2. The Morgan fingerprint density at radius 3 is 2.79 bits per heavy atom. The molecule has 8 nitrogen and oxygen atoms in total. The molecule has 2 aromatic heterocycles. The van der Waals surface area contributed by atoms with Crippen LogP contribution in [0, 0.1) is 6.92 Å². The number of H-pyrrole nitrogens is 1. The van der Waals surface area contributed by atoms with Gasteiger partial charge in [-0.05, 0) is 37.3 Å². The number of fused-ring (bicyclic) bond motifs is 1. The van der Waals surface area contributed by atoms with Gasteiger partial charge in [-0.1, -0.05) is 17.7 Å². The average molecular weight is 379 g/mol. The molecule has 28 heavy (non-hydrogen) atoms. The highest BCUT2D eigenvalue weighted by Gasteiger charge is 2.14. The summed E-state index contributed by atoms with van der Waals surface area (Å²) >= 11 is 0. The third kappa shape index (κ3) is 4.53. The van der Waals surface area contributed by atoms with E-state index in [2.05, 4.69) is 25.2 Å². The number of ether oxygens (including phenoxy) is 1. The van der Waals surface area contributed by atoms with Crippen LogP contribution in [-0.2, 0) is 9.53 Å². The minimum Gasteiger partial charge on any atom is -0.453 e. The summed E-state index contributed by atoms with van der Waals surface area (Å²) in [5.41, 5.74) is 3.12. The molecule has 0 aliphatic carbocycles. The number of carbonyl (C=O) groups excluding carboxylic acids is 2. The number of anilines is 1. The summed E-state index contributed by atoms with van der Waals surface area (Å²) in [7, 11) is 1.30. The summed E-state index contributed by atoms with van der Waals surface area (Å²) in [6.45, 7) is 2.54. The van der Waals surface area contributed by atoms with Gasteiger partial charge >= 0.3 is 6.09 Å². The summed E-state index contributed by atoms with van der Waals surface area (Å²) in [4.78, 5) is 29.9. The standard InChI is InChI=1S/C20H21N5O3/c1-14-5-7-15(8-6-14)25(13-12-22-20(27)28-2)18(26)10-9-17-16-4-3-11-21-19(16)24-23-17/h3-11H,12-13H2,1-2H3,(H,22,27)(H,21,23,24)/b10-9+. The number of nitrogens with zero attached hydrogens (tertiary/aromatic N) is 3. The van der Waals surface area contributed by atoms with E-state index in [0.29, 0.717) is 17.9 Å². The summed E-state index contributed by atoms with van der Waals surface area (Å²) in [5.74, 6) is -0.220. The molecule has 1 aromatic carbocycles. The number of rotatable bonds is 6. The first-order valence-corrected chi connectivity index (χ1v) is 8.75. The van der Waals surface area contributed by atoms with Crippen LogP contribution >= 0.6 is 0 Å². The topological polar surface area (TPSA) is 100 Å². The molecule has 0 saturated heterocycles. The van der Waals surface area contributed by atoms with Crippen LogP contribution in [0.1, 0.15) is 11.3 Å². The lowest BCUT2D eigenvalue weighted by Gasteiger charge is -2.21. The van der Waals surface area contributed by atoms with Crippen LogP contribution in [0.4, 0.5) is 10.5 Å². The van der Waals surface area contributed by atoms with Crippen LogP contribution in [0.3, 0.4) is 0 Å². The second-order valence-electron chi connectivity index (χ2n) is 6.09. The Hall–Kier alpha value is -3.68. The highest BCUT2D eigenvalue weighted by molar-refractivity contribution is 6.04. The molecular weight excluding hydrogens is 358 g/mol. The molecule has 0 unspecified atom stereocenters. The van der Waals surface area contributed by atoms with Gasteiger partial charge in [-0.2, -0.15) is 5.10 Å². The van der Waals surface area contributed by atoms with Crippen molar-refractivity contribution >= 4 is 34.8 Å². The van der Waals surface area contributed by atoms with Gasteiger partial charge in [0.05, 0.1) is 12.8 Å². The fourth-order valence-electron chi connectivity index (χ4n) is 2.67. The van der Waals surface area contributed by atoms with Crippen molar-refractivity contribution in [1.29, 1.82) is 0 Å². The molecule has 8 heteroatoms. The third-order valence-corrected chi connectivity index (χ3v) is 4.15. The fourth-order valence-corrected chi connectivity index (χ4v) is 2.67. The number of hydrogen-bond donors (Lipinski definition) is 2. The quantitative estimate of drug-likeness (QED) is 0.642. The molecule has 0 fully saturated rings. The predicted octanol–water partition coefficient (Wildman–Crippen LogP) is 2.67. The van der Waals surface area contributed by atoms with E-state index < -0.39 is 6.09 Å². The molecule has 2 amide bonds. The Balaban J connectivity index is 1.78. The van der Waals surface area contributed by atoms with Crippen molar-refractivity contribution in [2.75, 3.05) is 25.1 Å². The number of aromatic amines is 1. The minimum atomic E-state index is -0.539. The average Bonchev–Trinajstić information content (AvgIpc) is 3.13. The van der Waals surface area contributed by atoms with E-state index in [9.17, 15) is 9.59 Å². The first-order chi connectivity index (χ1) is 13.6. The van der Waals surface area contributed by atoms with Gasteiger partial charge in [0.15, 0.2) is 5.65 Å². The van der Waals surface area contributed by atoms with Crippen LogP contribution < -0.4 is 10.2 Å². The van der Waals surface area contributed by atoms with Crippen molar-refractivity contribution in [2.24, 2.45) is 0 Å². The monoisotopic (exact) mass is 379 g/mol. The maximum atomic E-state index is 12.9. The lowest BCUT2D eigenvalue weighted by atomic mass is 10.2. The van der Waals surface area contributed by atoms with E-state index in [0.717, 1.165) is 16.6 Å². The first-order valence-electron chi connectivity index (χ1n) is 8.75. The third-order valence-electron chi connectivity index (χ3n) is 4.15. The maximum Gasteiger partial charge on any atom is 0.406 e. The zero-order chi connectivity index (χ0) is 19.9. The van der Waals surface area contributed by atoms with Crippen LogP contribution in [0.2, 0.25) is 0 Å². The van der Waals surface area contributed by atoms with Crippen molar-refractivity contribution in [1.82, 2.24) is 20.5 Å². The van der Waals surface area contributed by atoms with E-state index in [4.69, 9.17) is 0 Å². The Morgan fingerprint density at radius 2 is 2.04 bits per heavy atom. The first kappa shape index (κ1) is 19.1. The zero-order valence-corrected chi connectivity index (χ0v) is 15.7. The van der Waals surface area contributed by atoms with Gasteiger partial charge in [0.1, 0.15) is 0 Å². The summed E-state index contributed by atoms with van der Waals surface area (Å²) in [6, 6.07) is 11.3. The highest BCUT2D eigenvalue weighted by atomic mass is 16.5. The van der Waals surface area contributed by atoms with Crippen molar-refractivity contribution in [2.45, 2.75) is 6.92 Å². The lowest BCUT2D eigenvalue weighted by molar-refractivity contribution is -0.114. The van der Waals surface area contributed by atoms with Gasteiger partial charge in [-0.15, -0.1) is 0 Å². The normalized spacial score (nSPS) is 10.9. The molecule has 0 atom stereocenters. The van der Waals surface area contributed by atoms with Gasteiger partial charge in [0, 0.05) is 36.4 Å². The summed E-state index contributed by atoms with van der Waals surface area (Å²) < 4.78 is 4.57. The second-order valence-corrected chi connectivity index (χ2v) is 6.09. The fraction of sp³-hybridized carbons (Fsp3) is 0.200. The molecular formula is C20H21N5O3. The Labute approximate surface area is 162 Å². The van der Waals surface area contributed by atoms with Crippen molar-refractivity contribution in [3.05, 3.63) is 59.9 Å². The SMILES string of the molecule is COC(=O)NCCN(C(=O)/C=C/c1[nH]nc2ncccc12)c1ccc(C)cc1. The highest BCUT2D eigenvalue weighted by Crippen LogP contribution is 2.17. The number of carbonyl (C=O) groups is 2. The number of benzene rings is 1. The zero-order valence-electron chi connectivity index (χ0n) is 15.7. The molecule has 3 aromatic rings. The van der Waals surface area contributed by atoms with Crippen molar-refractivity contribution in [3.63, 3.8) is 0 Å². The molecule has 144 valence electrons. The Morgan fingerprint density at radius 1 is 1.25 bits per heavy atom. The number of hydrogen-bond acceptors (Lipinski definition) is 5. The number of pyridine rings is 1. The summed E-state index contributed by atoms with van der Waals surface area (Å²) in [5, 5.41) is 10.4. The molecule has 0 aliphatic rings. The van der Waals surface area contributed by atoms with Crippen molar-refractivity contribution < 1.29 is 14.3 Å². The largest absolute Gasteiger partial charge is 0.453 e. The van der Waals surface area contributed by atoms with E-state index in [1.165, 1.54) is 13.2 Å². The number of aryl methyl sites for hydroxylation is 1. The minimum absolute atomic E-state index is 0.220. The van der Waals surface area contributed by atoms with Crippen LogP contribution in [-0.4, -0.2) is 47.4 Å². The van der Waals surface area contributed by atoms with Gasteiger partial charge in [0.2, 0.25) is 0 Å². The molecule has 2 N–H and O–H groups in total. The molecule has 0 bridgehead atoms. The predicted molar refractivity (Wildman–Crippen MR) is 107 cm³/mol.